The summed E-state index contributed by atoms with van der Waals surface area (Å²) in [6.07, 6.45) is 4.49. The Labute approximate surface area is 139 Å². The lowest BCUT2D eigenvalue weighted by atomic mass is 10.2. The highest BCUT2D eigenvalue weighted by atomic mass is 32.2. The molecule has 0 radical (unpaired) electrons. The van der Waals surface area contributed by atoms with Crippen molar-refractivity contribution < 1.29 is 13.5 Å². The first-order valence-corrected chi connectivity index (χ1v) is 10.0. The maximum absolute atomic E-state index is 10.9. The molecule has 0 unspecified atom stereocenters. The van der Waals surface area contributed by atoms with Crippen LogP contribution in [0.3, 0.4) is 0 Å². The second kappa shape index (κ2) is 8.52. The molecule has 0 amide bonds. The first kappa shape index (κ1) is 18.0. The quantitative estimate of drug-likeness (QED) is 0.847. The predicted octanol–water partition coefficient (Wildman–Crippen LogP) is 1.23. The number of hydrogen-bond donors (Lipinski definition) is 2. The van der Waals surface area contributed by atoms with Gasteiger partial charge in [-0.25, -0.2) is 12.7 Å². The summed E-state index contributed by atoms with van der Waals surface area (Å²) in [5, 5.41) is 12.9. The number of sulfonamides is 1. The zero-order chi connectivity index (χ0) is 16.7. The molecule has 2 aliphatic heterocycles. The highest BCUT2D eigenvalue weighted by molar-refractivity contribution is 7.88. The summed E-state index contributed by atoms with van der Waals surface area (Å²) in [5.41, 5.74) is 0.948. The van der Waals surface area contributed by atoms with Gasteiger partial charge in [0.2, 0.25) is 10.0 Å². The summed E-state index contributed by atoms with van der Waals surface area (Å²) < 4.78 is 23.4. The molecule has 0 spiro atoms. The number of anilines is 1. The standard InChI is InChI=1S/C10H14N2O.C6H13NO2S/c13-10-4-2-1-3-9(10)12-7-5-11-6-8-12;1-10(8,9)7-5-3-2-4-6-7/h1-4,11,13H,5-8H2;2-6H2,1H3. The predicted molar refractivity (Wildman–Crippen MR) is 93.5 cm³/mol. The topological polar surface area (TPSA) is 72.9 Å². The van der Waals surface area contributed by atoms with Crippen molar-refractivity contribution in [2.75, 3.05) is 50.4 Å². The number of hydrogen-bond acceptors (Lipinski definition) is 5. The second-order valence-electron chi connectivity index (χ2n) is 5.95. The van der Waals surface area contributed by atoms with Crippen molar-refractivity contribution in [3.63, 3.8) is 0 Å². The van der Waals surface area contributed by atoms with E-state index in [0.29, 0.717) is 5.75 Å². The molecule has 2 saturated heterocycles. The minimum Gasteiger partial charge on any atom is -0.506 e. The van der Waals surface area contributed by atoms with Crippen molar-refractivity contribution in [3.8, 4) is 5.75 Å². The Balaban J connectivity index is 0.000000174. The van der Waals surface area contributed by atoms with Gasteiger partial charge in [-0.3, -0.25) is 0 Å². The highest BCUT2D eigenvalue weighted by Crippen LogP contribution is 2.26. The molecule has 2 N–H and O–H groups in total. The molecule has 0 bridgehead atoms. The van der Waals surface area contributed by atoms with Gasteiger partial charge >= 0.3 is 0 Å². The van der Waals surface area contributed by atoms with Crippen LogP contribution in [-0.4, -0.2) is 63.4 Å². The number of nitrogens with zero attached hydrogens (tertiary/aromatic N) is 2. The smallest absolute Gasteiger partial charge is 0.211 e. The second-order valence-corrected chi connectivity index (χ2v) is 7.93. The van der Waals surface area contributed by atoms with Crippen LogP contribution in [0.4, 0.5) is 5.69 Å². The third-order valence-corrected chi connectivity index (χ3v) is 5.43. The van der Waals surface area contributed by atoms with Gasteiger partial charge < -0.3 is 15.3 Å². The number of phenols is 1. The Morgan fingerprint density at radius 2 is 1.61 bits per heavy atom. The zero-order valence-corrected chi connectivity index (χ0v) is 14.6. The summed E-state index contributed by atoms with van der Waals surface area (Å²) in [6.45, 7) is 5.37. The number of rotatable bonds is 2. The van der Waals surface area contributed by atoms with E-state index in [2.05, 4.69) is 10.2 Å². The van der Waals surface area contributed by atoms with Gasteiger partial charge in [0, 0.05) is 39.3 Å². The lowest BCUT2D eigenvalue weighted by molar-refractivity contribution is 0.349. The SMILES string of the molecule is CS(=O)(=O)N1CCCCC1.Oc1ccccc1N1CCNCC1. The number of aromatic hydroxyl groups is 1. The first-order chi connectivity index (χ1) is 11.0. The van der Waals surface area contributed by atoms with Gasteiger partial charge in [-0.1, -0.05) is 18.6 Å². The van der Waals surface area contributed by atoms with E-state index >= 15 is 0 Å². The lowest BCUT2D eigenvalue weighted by Crippen LogP contribution is -2.43. The van der Waals surface area contributed by atoms with E-state index in [1.807, 2.05) is 18.2 Å². The number of piperazine rings is 1. The number of benzene rings is 1. The highest BCUT2D eigenvalue weighted by Gasteiger charge is 2.18. The van der Waals surface area contributed by atoms with E-state index in [0.717, 1.165) is 57.8 Å². The molecule has 23 heavy (non-hydrogen) atoms. The molecule has 3 rings (SSSR count). The average molecular weight is 341 g/mol. The fraction of sp³-hybridized carbons (Fsp3) is 0.625. The summed E-state index contributed by atoms with van der Waals surface area (Å²) in [7, 11) is -2.89. The van der Waals surface area contributed by atoms with Crippen LogP contribution >= 0.6 is 0 Å². The molecule has 2 fully saturated rings. The van der Waals surface area contributed by atoms with Crippen LogP contribution < -0.4 is 10.2 Å². The maximum atomic E-state index is 10.9. The van der Waals surface area contributed by atoms with Gasteiger partial charge in [-0.05, 0) is 25.0 Å². The maximum Gasteiger partial charge on any atom is 0.211 e. The van der Waals surface area contributed by atoms with E-state index in [4.69, 9.17) is 0 Å². The van der Waals surface area contributed by atoms with E-state index in [9.17, 15) is 13.5 Å². The van der Waals surface area contributed by atoms with Gasteiger partial charge in [0.05, 0.1) is 11.9 Å². The van der Waals surface area contributed by atoms with Crippen LogP contribution in [0.25, 0.3) is 0 Å². The molecule has 2 heterocycles. The summed E-state index contributed by atoms with van der Waals surface area (Å²) >= 11 is 0. The first-order valence-electron chi connectivity index (χ1n) is 8.17. The Morgan fingerprint density at radius 3 is 2.13 bits per heavy atom. The van der Waals surface area contributed by atoms with Gasteiger partial charge in [-0.2, -0.15) is 0 Å². The molecule has 6 nitrogen and oxygen atoms in total. The fourth-order valence-electron chi connectivity index (χ4n) is 2.83. The Kier molecular flexibility index (Phi) is 6.68. The Hall–Kier alpha value is -1.31. The third kappa shape index (κ3) is 5.67. The van der Waals surface area contributed by atoms with Crippen molar-refractivity contribution in [2.24, 2.45) is 0 Å². The van der Waals surface area contributed by atoms with Crippen molar-refractivity contribution in [1.29, 1.82) is 0 Å². The number of nitrogens with one attached hydrogen (secondary N) is 1. The van der Waals surface area contributed by atoms with Crippen LogP contribution in [0.1, 0.15) is 19.3 Å². The van der Waals surface area contributed by atoms with E-state index in [1.165, 1.54) is 12.7 Å². The summed E-state index contributed by atoms with van der Waals surface area (Å²) in [4.78, 5) is 2.20. The fourth-order valence-corrected chi connectivity index (χ4v) is 3.76. The molecule has 0 aliphatic carbocycles. The Bertz CT molecular complexity index is 580. The van der Waals surface area contributed by atoms with Crippen molar-refractivity contribution in [1.82, 2.24) is 9.62 Å². The molecule has 2 aliphatic rings. The monoisotopic (exact) mass is 341 g/mol. The van der Waals surface area contributed by atoms with Crippen LogP contribution in [0.2, 0.25) is 0 Å². The van der Waals surface area contributed by atoms with Gasteiger partial charge in [0.1, 0.15) is 5.75 Å². The third-order valence-electron chi connectivity index (χ3n) is 4.12. The number of para-hydroxylation sites is 2. The number of phenolic OH excluding ortho intramolecular Hbond substituents is 1. The average Bonchev–Trinajstić information content (AvgIpc) is 2.57. The number of piperidine rings is 1. The van der Waals surface area contributed by atoms with Crippen molar-refractivity contribution in [3.05, 3.63) is 24.3 Å². The molecule has 130 valence electrons. The van der Waals surface area contributed by atoms with Crippen LogP contribution in [0.5, 0.6) is 5.75 Å². The Morgan fingerprint density at radius 1 is 1.00 bits per heavy atom. The lowest BCUT2D eigenvalue weighted by Gasteiger charge is -2.29. The van der Waals surface area contributed by atoms with E-state index in [1.54, 1.807) is 10.4 Å². The molecular weight excluding hydrogens is 314 g/mol. The minimum atomic E-state index is -2.89. The molecule has 0 saturated carbocycles. The molecular formula is C16H27N3O3S. The molecule has 1 aromatic rings. The largest absolute Gasteiger partial charge is 0.506 e. The van der Waals surface area contributed by atoms with Crippen molar-refractivity contribution in [2.45, 2.75) is 19.3 Å². The summed E-state index contributed by atoms with van der Waals surface area (Å²) in [6, 6.07) is 7.50. The normalized spacial score (nSPS) is 19.8. The van der Waals surface area contributed by atoms with Crippen LogP contribution in [0, 0.1) is 0 Å². The van der Waals surface area contributed by atoms with Crippen molar-refractivity contribution >= 4 is 15.7 Å². The van der Waals surface area contributed by atoms with E-state index < -0.39 is 10.0 Å². The molecule has 7 heteroatoms. The summed E-state index contributed by atoms with van der Waals surface area (Å²) in [5.74, 6) is 0.379. The van der Waals surface area contributed by atoms with Crippen LogP contribution in [-0.2, 0) is 10.0 Å². The van der Waals surface area contributed by atoms with Crippen LogP contribution in [0.15, 0.2) is 24.3 Å². The van der Waals surface area contributed by atoms with Gasteiger partial charge in [0.15, 0.2) is 0 Å². The minimum absolute atomic E-state index is 0.379. The zero-order valence-electron chi connectivity index (χ0n) is 13.7. The van der Waals surface area contributed by atoms with E-state index in [-0.39, 0.29) is 0 Å². The molecule has 0 aromatic heterocycles. The molecule has 0 atom stereocenters. The molecule has 1 aromatic carbocycles. The van der Waals surface area contributed by atoms with Gasteiger partial charge in [-0.15, -0.1) is 0 Å². The van der Waals surface area contributed by atoms with Gasteiger partial charge in [0.25, 0.3) is 0 Å².